The van der Waals surface area contributed by atoms with Gasteiger partial charge in [0.05, 0.1) is 17.4 Å². The molecule has 1 atom stereocenters. The Kier molecular flexibility index (Phi) is 6.53. The second-order valence-corrected chi connectivity index (χ2v) is 7.73. The highest BCUT2D eigenvalue weighted by Crippen LogP contribution is 2.15. The lowest BCUT2D eigenvalue weighted by molar-refractivity contribution is 0.382. The van der Waals surface area contributed by atoms with E-state index in [-0.39, 0.29) is 11.8 Å². The van der Waals surface area contributed by atoms with Crippen LogP contribution in [0.25, 0.3) is 0 Å². The van der Waals surface area contributed by atoms with Crippen LogP contribution in [0, 0.1) is 11.3 Å². The minimum absolute atomic E-state index is 0.0217. The fourth-order valence-electron chi connectivity index (χ4n) is 1.79. The first-order valence-corrected chi connectivity index (χ1v) is 9.34. The van der Waals surface area contributed by atoms with Crippen LogP contribution in [0.1, 0.15) is 24.5 Å². The van der Waals surface area contributed by atoms with Gasteiger partial charge in [0, 0.05) is 13.1 Å². The van der Waals surface area contributed by atoms with Gasteiger partial charge in [-0.1, -0.05) is 12.1 Å². The number of nitriles is 1. The monoisotopic (exact) mass is 312 g/mol. The van der Waals surface area contributed by atoms with Crippen LogP contribution in [0.4, 0.5) is 0 Å². The number of hydrogen-bond donors (Lipinski definition) is 0. The number of hydrogen-bond acceptors (Lipinski definition) is 4. The van der Waals surface area contributed by atoms with Crippen LogP contribution < -0.4 is 0 Å². The molecule has 0 radical (unpaired) electrons. The van der Waals surface area contributed by atoms with Crippen LogP contribution in [0.3, 0.4) is 0 Å². The fraction of sp³-hybridized carbons (Fsp3) is 0.500. The van der Waals surface area contributed by atoms with Crippen LogP contribution in [0.5, 0.6) is 0 Å². The number of rotatable bonds is 7. The number of sulfonamides is 1. The predicted octanol–water partition coefficient (Wildman–Crippen LogP) is 2.46. The molecule has 0 aromatic heterocycles. The van der Waals surface area contributed by atoms with Crippen molar-refractivity contribution in [2.24, 2.45) is 0 Å². The van der Waals surface area contributed by atoms with E-state index in [2.05, 4.69) is 0 Å². The third kappa shape index (κ3) is 4.82. The molecule has 0 unspecified atom stereocenters. The van der Waals surface area contributed by atoms with Crippen molar-refractivity contribution in [3.63, 3.8) is 0 Å². The Hall–Kier alpha value is -1.03. The van der Waals surface area contributed by atoms with E-state index in [9.17, 15) is 8.42 Å². The first kappa shape index (κ1) is 17.0. The van der Waals surface area contributed by atoms with Crippen molar-refractivity contribution >= 4 is 21.8 Å². The van der Waals surface area contributed by atoms with E-state index in [1.807, 2.05) is 19.2 Å². The number of nitrogens with zero attached hydrogens (tertiary/aromatic N) is 2. The predicted molar refractivity (Wildman–Crippen MR) is 84.0 cm³/mol. The molecule has 0 aliphatic carbocycles. The molecule has 1 rings (SSSR count). The van der Waals surface area contributed by atoms with Crippen molar-refractivity contribution in [2.75, 3.05) is 19.1 Å². The summed E-state index contributed by atoms with van der Waals surface area (Å²) in [5.41, 5.74) is 1.13. The molecule has 0 heterocycles. The Labute approximate surface area is 125 Å². The van der Waals surface area contributed by atoms with Gasteiger partial charge < -0.3 is 0 Å². The summed E-state index contributed by atoms with van der Waals surface area (Å²) < 4.78 is 26.1. The number of benzene rings is 1. The van der Waals surface area contributed by atoms with E-state index in [0.29, 0.717) is 11.1 Å². The Morgan fingerprint density at radius 1 is 1.45 bits per heavy atom. The van der Waals surface area contributed by atoms with Crippen LogP contribution >= 0.6 is 11.8 Å². The molecule has 20 heavy (non-hydrogen) atoms. The van der Waals surface area contributed by atoms with E-state index in [0.717, 1.165) is 12.2 Å². The first-order chi connectivity index (χ1) is 9.40. The molecule has 0 bridgehead atoms. The molecule has 0 spiro atoms. The molecule has 0 N–H and O–H groups in total. The van der Waals surface area contributed by atoms with Crippen molar-refractivity contribution in [3.05, 3.63) is 35.4 Å². The summed E-state index contributed by atoms with van der Waals surface area (Å²) in [5.74, 6) is 0.869. The molecule has 1 aromatic rings. The Bertz CT molecular complexity index is 579. The van der Waals surface area contributed by atoms with Gasteiger partial charge in [-0.25, -0.2) is 12.7 Å². The highest BCUT2D eigenvalue weighted by Gasteiger charge is 2.23. The maximum atomic E-state index is 12.3. The fourth-order valence-corrected chi connectivity index (χ4v) is 3.82. The van der Waals surface area contributed by atoms with Gasteiger partial charge in [0.1, 0.15) is 0 Å². The minimum atomic E-state index is -3.35. The average Bonchev–Trinajstić information content (AvgIpc) is 2.43. The third-order valence-corrected chi connectivity index (χ3v) is 5.78. The van der Waals surface area contributed by atoms with Gasteiger partial charge in [-0.2, -0.15) is 17.0 Å². The smallest absolute Gasteiger partial charge is 0.212 e. The molecule has 0 aliphatic heterocycles. The van der Waals surface area contributed by atoms with Gasteiger partial charge >= 0.3 is 0 Å². The molecule has 0 amide bonds. The van der Waals surface area contributed by atoms with Crippen LogP contribution in [-0.4, -0.2) is 37.8 Å². The van der Waals surface area contributed by atoms with E-state index < -0.39 is 10.0 Å². The Morgan fingerprint density at radius 2 is 2.15 bits per heavy atom. The highest BCUT2D eigenvalue weighted by atomic mass is 32.2. The van der Waals surface area contributed by atoms with Crippen molar-refractivity contribution in [1.29, 1.82) is 5.26 Å². The Balaban J connectivity index is 2.81. The zero-order valence-corrected chi connectivity index (χ0v) is 13.7. The maximum absolute atomic E-state index is 12.3. The lowest BCUT2D eigenvalue weighted by atomic mass is 10.2. The summed E-state index contributed by atoms with van der Waals surface area (Å²) in [6.07, 6.45) is 2.84. The standard InChI is InChI=1S/C14H20N2O2S2/c1-12(7-8-19-3)16(2)20(17,18)11-14-6-4-5-13(9-14)10-15/h4-6,9,12H,7-8,11H2,1-3H3/t12-/m1/s1. The number of thioether (sulfide) groups is 1. The molecule has 4 nitrogen and oxygen atoms in total. The van der Waals surface area contributed by atoms with Gasteiger partial charge in [0.15, 0.2) is 0 Å². The van der Waals surface area contributed by atoms with Crippen molar-refractivity contribution < 1.29 is 8.42 Å². The van der Waals surface area contributed by atoms with Crippen molar-refractivity contribution in [2.45, 2.75) is 25.1 Å². The van der Waals surface area contributed by atoms with Gasteiger partial charge in [-0.3, -0.25) is 0 Å². The summed E-state index contributed by atoms with van der Waals surface area (Å²) in [7, 11) is -1.73. The van der Waals surface area contributed by atoms with Gasteiger partial charge in [-0.05, 0) is 43.0 Å². The van der Waals surface area contributed by atoms with Gasteiger partial charge in [0.25, 0.3) is 0 Å². The summed E-state index contributed by atoms with van der Waals surface area (Å²) in [6, 6.07) is 8.73. The first-order valence-electron chi connectivity index (χ1n) is 6.34. The highest BCUT2D eigenvalue weighted by molar-refractivity contribution is 7.98. The second kappa shape index (κ2) is 7.67. The summed E-state index contributed by atoms with van der Waals surface area (Å²) in [5, 5.41) is 8.84. The quantitative estimate of drug-likeness (QED) is 0.776. The van der Waals surface area contributed by atoms with E-state index >= 15 is 0 Å². The third-order valence-electron chi connectivity index (χ3n) is 3.20. The van der Waals surface area contributed by atoms with Crippen LogP contribution in [0.15, 0.2) is 24.3 Å². The average molecular weight is 312 g/mol. The summed E-state index contributed by atoms with van der Waals surface area (Å²) in [6.45, 7) is 1.92. The Morgan fingerprint density at radius 3 is 2.75 bits per heavy atom. The van der Waals surface area contributed by atoms with E-state index in [1.165, 1.54) is 4.31 Å². The summed E-state index contributed by atoms with van der Waals surface area (Å²) >= 11 is 1.71. The molecule has 6 heteroatoms. The normalized spacial score (nSPS) is 13.2. The van der Waals surface area contributed by atoms with Crippen LogP contribution in [-0.2, 0) is 15.8 Å². The van der Waals surface area contributed by atoms with Crippen molar-refractivity contribution in [3.8, 4) is 6.07 Å². The van der Waals surface area contributed by atoms with E-state index in [1.54, 1.807) is 43.1 Å². The molecule has 1 aromatic carbocycles. The second-order valence-electron chi connectivity index (χ2n) is 4.72. The molecule has 0 aliphatic rings. The topological polar surface area (TPSA) is 61.2 Å². The summed E-state index contributed by atoms with van der Waals surface area (Å²) in [4.78, 5) is 0. The minimum Gasteiger partial charge on any atom is -0.212 e. The maximum Gasteiger partial charge on any atom is 0.218 e. The van der Waals surface area contributed by atoms with Gasteiger partial charge in [0.2, 0.25) is 10.0 Å². The zero-order valence-electron chi connectivity index (χ0n) is 12.0. The SMILES string of the molecule is CSCC[C@@H](C)N(C)S(=O)(=O)Cc1cccc(C#N)c1. The zero-order chi connectivity index (χ0) is 15.2. The van der Waals surface area contributed by atoms with Crippen molar-refractivity contribution in [1.82, 2.24) is 4.31 Å². The molecule has 110 valence electrons. The molecule has 0 saturated heterocycles. The molecular weight excluding hydrogens is 292 g/mol. The lowest BCUT2D eigenvalue weighted by Gasteiger charge is -2.24. The van der Waals surface area contributed by atoms with Crippen LogP contribution in [0.2, 0.25) is 0 Å². The van der Waals surface area contributed by atoms with Gasteiger partial charge in [-0.15, -0.1) is 0 Å². The molecule has 0 saturated carbocycles. The lowest BCUT2D eigenvalue weighted by Crippen LogP contribution is -2.36. The van der Waals surface area contributed by atoms with E-state index in [4.69, 9.17) is 5.26 Å². The molecular formula is C14H20N2O2S2. The largest absolute Gasteiger partial charge is 0.218 e. The molecule has 0 fully saturated rings.